The second-order valence-corrected chi connectivity index (χ2v) is 5.77. The number of carbonyl (C=O) groups excluding carboxylic acids is 1. The number of rotatable bonds is 3. The van der Waals surface area contributed by atoms with Crippen LogP contribution in [0.1, 0.15) is 36.2 Å². The van der Waals surface area contributed by atoms with Gasteiger partial charge in [-0.15, -0.1) is 0 Å². The molecule has 0 radical (unpaired) electrons. The largest absolute Gasteiger partial charge is 0.296 e. The van der Waals surface area contributed by atoms with E-state index in [1.54, 1.807) is 0 Å². The van der Waals surface area contributed by atoms with Crippen molar-refractivity contribution in [1.82, 2.24) is 4.90 Å². The summed E-state index contributed by atoms with van der Waals surface area (Å²) in [5.41, 5.74) is 2.04. The third-order valence-corrected chi connectivity index (χ3v) is 4.16. The predicted molar refractivity (Wildman–Crippen MR) is 74.9 cm³/mol. The van der Waals surface area contributed by atoms with Crippen LogP contribution in [0.2, 0.25) is 0 Å². The summed E-state index contributed by atoms with van der Waals surface area (Å²) in [6.45, 7) is 9.32. The molecule has 2 heteroatoms. The van der Waals surface area contributed by atoms with Gasteiger partial charge in [-0.1, -0.05) is 43.7 Å². The van der Waals surface area contributed by atoms with Crippen molar-refractivity contribution in [1.29, 1.82) is 0 Å². The number of benzene rings is 1. The van der Waals surface area contributed by atoms with Crippen molar-refractivity contribution in [2.75, 3.05) is 19.6 Å². The molecule has 1 aliphatic heterocycles. The highest BCUT2D eigenvalue weighted by Gasteiger charge is 2.24. The molecule has 2 unspecified atom stereocenters. The van der Waals surface area contributed by atoms with Gasteiger partial charge in [0.1, 0.15) is 0 Å². The van der Waals surface area contributed by atoms with Crippen LogP contribution in [0.15, 0.2) is 24.3 Å². The molecule has 0 bridgehead atoms. The number of piperidine rings is 1. The van der Waals surface area contributed by atoms with Crippen molar-refractivity contribution >= 4 is 5.78 Å². The fraction of sp³-hybridized carbons (Fsp3) is 0.562. The molecule has 1 saturated heterocycles. The third-order valence-electron chi connectivity index (χ3n) is 4.16. The average Bonchev–Trinajstić information content (AvgIpc) is 2.34. The maximum atomic E-state index is 12.2. The molecule has 18 heavy (non-hydrogen) atoms. The van der Waals surface area contributed by atoms with Gasteiger partial charge >= 0.3 is 0 Å². The quantitative estimate of drug-likeness (QED) is 0.762. The van der Waals surface area contributed by atoms with Crippen molar-refractivity contribution in [3.05, 3.63) is 35.4 Å². The molecule has 1 fully saturated rings. The van der Waals surface area contributed by atoms with Crippen molar-refractivity contribution in [2.45, 2.75) is 27.2 Å². The van der Waals surface area contributed by atoms with Gasteiger partial charge in [-0.2, -0.15) is 0 Å². The van der Waals surface area contributed by atoms with Crippen LogP contribution >= 0.6 is 0 Å². The van der Waals surface area contributed by atoms with E-state index < -0.39 is 0 Å². The molecular formula is C16H23NO. The van der Waals surface area contributed by atoms with Crippen molar-refractivity contribution in [3.8, 4) is 0 Å². The lowest BCUT2D eigenvalue weighted by molar-refractivity contribution is 0.0849. The Kier molecular flexibility index (Phi) is 4.18. The molecule has 0 saturated carbocycles. The van der Waals surface area contributed by atoms with Crippen LogP contribution in [0.3, 0.4) is 0 Å². The highest BCUT2D eigenvalue weighted by atomic mass is 16.1. The number of aryl methyl sites for hydroxylation is 1. The lowest BCUT2D eigenvalue weighted by Gasteiger charge is -2.34. The van der Waals surface area contributed by atoms with E-state index in [2.05, 4.69) is 18.7 Å². The van der Waals surface area contributed by atoms with E-state index in [1.807, 2.05) is 31.2 Å². The molecule has 2 atom stereocenters. The Labute approximate surface area is 110 Å². The highest BCUT2D eigenvalue weighted by molar-refractivity contribution is 5.97. The minimum absolute atomic E-state index is 0.247. The second-order valence-electron chi connectivity index (χ2n) is 5.77. The van der Waals surface area contributed by atoms with Crippen LogP contribution in [0, 0.1) is 18.8 Å². The van der Waals surface area contributed by atoms with Gasteiger partial charge in [0, 0.05) is 12.1 Å². The fourth-order valence-electron chi connectivity index (χ4n) is 2.53. The normalized spacial score (nSPS) is 25.1. The Hall–Kier alpha value is -1.15. The molecule has 0 N–H and O–H groups in total. The summed E-state index contributed by atoms with van der Waals surface area (Å²) in [5, 5.41) is 0. The van der Waals surface area contributed by atoms with Gasteiger partial charge in [0.15, 0.2) is 5.78 Å². The SMILES string of the molecule is Cc1ccc(C(=O)CN2CCC(C)C(C)C2)cc1. The van der Waals surface area contributed by atoms with Crippen molar-refractivity contribution in [3.63, 3.8) is 0 Å². The lowest BCUT2D eigenvalue weighted by Crippen LogP contribution is -2.41. The van der Waals surface area contributed by atoms with E-state index in [0.29, 0.717) is 12.5 Å². The van der Waals surface area contributed by atoms with Gasteiger partial charge in [0.25, 0.3) is 0 Å². The summed E-state index contributed by atoms with van der Waals surface area (Å²) >= 11 is 0. The summed E-state index contributed by atoms with van der Waals surface area (Å²) < 4.78 is 0. The Balaban J connectivity index is 1.93. The number of ketones is 1. The number of hydrogen-bond acceptors (Lipinski definition) is 2. The van der Waals surface area contributed by atoms with Gasteiger partial charge in [-0.05, 0) is 31.7 Å². The molecule has 0 aliphatic carbocycles. The van der Waals surface area contributed by atoms with Crippen LogP contribution in [0.5, 0.6) is 0 Å². The topological polar surface area (TPSA) is 20.3 Å². The zero-order chi connectivity index (χ0) is 13.1. The number of likely N-dealkylation sites (tertiary alicyclic amines) is 1. The minimum Gasteiger partial charge on any atom is -0.296 e. The van der Waals surface area contributed by atoms with E-state index >= 15 is 0 Å². The highest BCUT2D eigenvalue weighted by Crippen LogP contribution is 2.22. The Morgan fingerprint density at radius 1 is 1.22 bits per heavy atom. The monoisotopic (exact) mass is 245 g/mol. The molecule has 0 spiro atoms. The Morgan fingerprint density at radius 3 is 2.50 bits per heavy atom. The molecule has 2 rings (SSSR count). The minimum atomic E-state index is 0.247. The first-order valence-corrected chi connectivity index (χ1v) is 6.88. The van der Waals surface area contributed by atoms with Crippen LogP contribution in [0.25, 0.3) is 0 Å². The maximum Gasteiger partial charge on any atom is 0.176 e. The molecule has 1 aromatic carbocycles. The Morgan fingerprint density at radius 2 is 1.89 bits per heavy atom. The van der Waals surface area contributed by atoms with E-state index in [1.165, 1.54) is 12.0 Å². The van der Waals surface area contributed by atoms with Gasteiger partial charge in [-0.25, -0.2) is 0 Å². The number of hydrogen-bond donors (Lipinski definition) is 0. The van der Waals surface area contributed by atoms with Crippen LogP contribution in [0.4, 0.5) is 0 Å². The number of carbonyl (C=O) groups is 1. The second kappa shape index (κ2) is 5.66. The zero-order valence-electron chi connectivity index (χ0n) is 11.6. The molecule has 2 nitrogen and oxygen atoms in total. The third kappa shape index (κ3) is 3.20. The predicted octanol–water partition coefficient (Wildman–Crippen LogP) is 3.16. The summed E-state index contributed by atoms with van der Waals surface area (Å²) in [5.74, 6) is 1.73. The van der Waals surface area contributed by atoms with Gasteiger partial charge in [-0.3, -0.25) is 9.69 Å². The fourth-order valence-corrected chi connectivity index (χ4v) is 2.53. The molecule has 0 aromatic heterocycles. The summed E-state index contributed by atoms with van der Waals surface area (Å²) in [4.78, 5) is 14.5. The summed E-state index contributed by atoms with van der Waals surface area (Å²) in [6, 6.07) is 7.89. The van der Waals surface area contributed by atoms with Crippen LogP contribution in [-0.4, -0.2) is 30.3 Å². The maximum absolute atomic E-state index is 12.2. The average molecular weight is 245 g/mol. The first-order chi connectivity index (χ1) is 8.56. The molecule has 1 aliphatic rings. The number of nitrogens with zero attached hydrogens (tertiary/aromatic N) is 1. The first-order valence-electron chi connectivity index (χ1n) is 6.88. The van der Waals surface area contributed by atoms with Gasteiger partial charge in [0.2, 0.25) is 0 Å². The molecule has 1 heterocycles. The van der Waals surface area contributed by atoms with Crippen molar-refractivity contribution in [2.24, 2.45) is 11.8 Å². The smallest absolute Gasteiger partial charge is 0.176 e. The molecular weight excluding hydrogens is 222 g/mol. The summed E-state index contributed by atoms with van der Waals surface area (Å²) in [7, 11) is 0. The molecule has 1 aromatic rings. The zero-order valence-corrected chi connectivity index (χ0v) is 11.6. The van der Waals surface area contributed by atoms with Crippen LogP contribution < -0.4 is 0 Å². The molecule has 0 amide bonds. The van der Waals surface area contributed by atoms with Gasteiger partial charge in [0.05, 0.1) is 6.54 Å². The van der Waals surface area contributed by atoms with E-state index in [-0.39, 0.29) is 5.78 Å². The van der Waals surface area contributed by atoms with E-state index in [9.17, 15) is 4.79 Å². The van der Waals surface area contributed by atoms with Gasteiger partial charge < -0.3 is 0 Å². The Bertz CT molecular complexity index is 410. The first kappa shape index (κ1) is 13.3. The molecule has 98 valence electrons. The van der Waals surface area contributed by atoms with Crippen LogP contribution in [-0.2, 0) is 0 Å². The summed E-state index contributed by atoms with van der Waals surface area (Å²) in [6.07, 6.45) is 1.21. The number of Topliss-reactive ketones (excluding diaryl/α,β-unsaturated/α-hetero) is 1. The van der Waals surface area contributed by atoms with E-state index in [4.69, 9.17) is 0 Å². The van der Waals surface area contributed by atoms with Crippen molar-refractivity contribution < 1.29 is 4.79 Å². The van der Waals surface area contributed by atoms with E-state index in [0.717, 1.165) is 24.6 Å². The standard InChI is InChI=1S/C16H23NO/c1-12-4-6-15(7-5-12)16(18)11-17-9-8-13(2)14(3)10-17/h4-7,13-14H,8-11H2,1-3H3. The lowest BCUT2D eigenvalue weighted by atomic mass is 9.88.